The maximum atomic E-state index is 12.5. The van der Waals surface area contributed by atoms with Crippen molar-refractivity contribution in [2.45, 2.75) is 36.5 Å². The molecule has 2 aromatic rings. The Kier molecular flexibility index (Phi) is 6.36. The van der Waals surface area contributed by atoms with Gasteiger partial charge < -0.3 is 10.0 Å². The lowest BCUT2D eigenvalue weighted by Gasteiger charge is -2.32. The molecule has 2 N–H and O–H groups in total. The Morgan fingerprint density at radius 1 is 1.07 bits per heavy atom. The molecule has 0 bridgehead atoms. The fourth-order valence-corrected chi connectivity index (χ4v) is 4.30. The molecule has 6 nitrogen and oxygen atoms in total. The average Bonchev–Trinajstić information content (AvgIpc) is 2.73. The van der Waals surface area contributed by atoms with E-state index in [1.54, 1.807) is 36.4 Å². The number of rotatable bonds is 6. The monoisotopic (exact) mass is 402 g/mol. The number of phenols is 1. The zero-order chi connectivity index (χ0) is 20.1. The number of nitrogens with one attached hydrogen (secondary N) is 1. The van der Waals surface area contributed by atoms with Crippen molar-refractivity contribution in [2.75, 3.05) is 20.1 Å². The molecule has 3 rings (SSSR count). The lowest BCUT2D eigenvalue weighted by molar-refractivity contribution is -0.132. The molecule has 150 valence electrons. The van der Waals surface area contributed by atoms with E-state index in [-0.39, 0.29) is 16.6 Å². The molecule has 0 unspecified atom stereocenters. The number of sulfonamides is 1. The van der Waals surface area contributed by atoms with E-state index in [1.807, 2.05) is 17.0 Å². The molecule has 1 amide bonds. The van der Waals surface area contributed by atoms with Crippen molar-refractivity contribution in [1.82, 2.24) is 9.62 Å². The van der Waals surface area contributed by atoms with Crippen LogP contribution in [-0.4, -0.2) is 44.5 Å². The van der Waals surface area contributed by atoms with E-state index in [4.69, 9.17) is 0 Å². The molecule has 0 atom stereocenters. The number of carbonyl (C=O) groups excluding carboxylic acids is 1. The molecule has 0 saturated carbocycles. The van der Waals surface area contributed by atoms with Gasteiger partial charge in [-0.15, -0.1) is 0 Å². The minimum absolute atomic E-state index is 0.135. The number of aromatic hydroxyl groups is 1. The summed E-state index contributed by atoms with van der Waals surface area (Å²) in [6, 6.07) is 14.0. The zero-order valence-corrected chi connectivity index (χ0v) is 16.8. The number of benzene rings is 2. The molecule has 0 radical (unpaired) electrons. The van der Waals surface area contributed by atoms with Gasteiger partial charge in [0.05, 0.1) is 4.90 Å². The van der Waals surface area contributed by atoms with E-state index in [0.29, 0.717) is 18.8 Å². The maximum Gasteiger partial charge on any atom is 0.240 e. The van der Waals surface area contributed by atoms with Crippen LogP contribution in [0.25, 0.3) is 0 Å². The number of hydrogen-bond donors (Lipinski definition) is 2. The Bertz CT molecular complexity index is 900. The van der Waals surface area contributed by atoms with Crippen LogP contribution in [0.3, 0.4) is 0 Å². The predicted octanol–water partition coefficient (Wildman–Crippen LogP) is 2.64. The number of carbonyl (C=O) groups is 1. The van der Waals surface area contributed by atoms with Crippen molar-refractivity contribution in [3.63, 3.8) is 0 Å². The SMILES string of the molecule is CNS(=O)(=O)c1ccc(CCC(=O)N2CCC(c3ccc(O)cc3)CC2)cc1. The summed E-state index contributed by atoms with van der Waals surface area (Å²) in [7, 11) is -2.05. The number of piperidine rings is 1. The first-order chi connectivity index (χ1) is 13.4. The Morgan fingerprint density at radius 2 is 1.68 bits per heavy atom. The third-order valence-corrected chi connectivity index (χ3v) is 6.77. The van der Waals surface area contributed by atoms with Gasteiger partial charge in [-0.2, -0.15) is 0 Å². The Balaban J connectivity index is 1.49. The van der Waals surface area contributed by atoms with Crippen LogP contribution < -0.4 is 4.72 Å². The Labute approximate surface area is 166 Å². The quantitative estimate of drug-likeness (QED) is 0.778. The van der Waals surface area contributed by atoms with Gasteiger partial charge >= 0.3 is 0 Å². The summed E-state index contributed by atoms with van der Waals surface area (Å²) in [4.78, 5) is 14.7. The normalized spacial score (nSPS) is 15.5. The lowest BCUT2D eigenvalue weighted by atomic mass is 9.89. The van der Waals surface area contributed by atoms with Gasteiger partial charge in [-0.25, -0.2) is 13.1 Å². The highest BCUT2D eigenvalue weighted by molar-refractivity contribution is 7.89. The first kappa shape index (κ1) is 20.4. The standard InChI is InChI=1S/C21H26N2O4S/c1-22-28(26,27)20-9-2-16(3-10-20)4-11-21(25)23-14-12-18(13-15-23)17-5-7-19(24)8-6-17/h2-3,5-10,18,22,24H,4,11-15H2,1H3. The number of nitrogens with zero attached hydrogens (tertiary/aromatic N) is 1. The molecule has 1 heterocycles. The van der Waals surface area contributed by atoms with Gasteiger partial charge in [0, 0.05) is 19.5 Å². The summed E-state index contributed by atoms with van der Waals surface area (Å²) in [5.74, 6) is 0.829. The summed E-state index contributed by atoms with van der Waals surface area (Å²) in [6.45, 7) is 1.48. The van der Waals surface area contributed by atoms with Crippen LogP contribution in [0.5, 0.6) is 5.75 Å². The molecule has 0 aliphatic carbocycles. The van der Waals surface area contributed by atoms with Crippen molar-refractivity contribution in [1.29, 1.82) is 0 Å². The van der Waals surface area contributed by atoms with Crippen LogP contribution in [0.15, 0.2) is 53.4 Å². The number of phenolic OH excluding ortho intramolecular Hbond substituents is 1. The van der Waals surface area contributed by atoms with Gasteiger partial charge in [0.1, 0.15) is 5.75 Å². The topological polar surface area (TPSA) is 86.7 Å². The molecule has 0 aromatic heterocycles. The van der Waals surface area contributed by atoms with E-state index >= 15 is 0 Å². The molecule has 2 aromatic carbocycles. The van der Waals surface area contributed by atoms with Crippen LogP contribution in [0.1, 0.15) is 36.3 Å². The fraction of sp³-hybridized carbons (Fsp3) is 0.381. The summed E-state index contributed by atoms with van der Waals surface area (Å²) in [6.07, 6.45) is 2.86. The van der Waals surface area contributed by atoms with Crippen molar-refractivity contribution >= 4 is 15.9 Å². The van der Waals surface area contributed by atoms with E-state index in [0.717, 1.165) is 31.5 Å². The minimum atomic E-state index is -3.43. The van der Waals surface area contributed by atoms with Crippen LogP contribution in [0.2, 0.25) is 0 Å². The van der Waals surface area contributed by atoms with E-state index in [9.17, 15) is 18.3 Å². The minimum Gasteiger partial charge on any atom is -0.508 e. The van der Waals surface area contributed by atoms with Crippen LogP contribution >= 0.6 is 0 Å². The van der Waals surface area contributed by atoms with Gasteiger partial charge in [-0.05, 0) is 67.6 Å². The predicted molar refractivity (Wildman–Crippen MR) is 108 cm³/mol. The highest BCUT2D eigenvalue weighted by atomic mass is 32.2. The van der Waals surface area contributed by atoms with Crippen molar-refractivity contribution in [2.24, 2.45) is 0 Å². The van der Waals surface area contributed by atoms with Crippen LogP contribution in [0.4, 0.5) is 0 Å². The first-order valence-corrected chi connectivity index (χ1v) is 11.0. The molecule has 0 spiro atoms. The summed E-state index contributed by atoms with van der Waals surface area (Å²) >= 11 is 0. The molecular weight excluding hydrogens is 376 g/mol. The molecule has 28 heavy (non-hydrogen) atoms. The van der Waals surface area contributed by atoms with E-state index in [1.165, 1.54) is 12.6 Å². The summed E-state index contributed by atoms with van der Waals surface area (Å²) < 4.78 is 25.8. The van der Waals surface area contributed by atoms with Gasteiger partial charge in [-0.1, -0.05) is 24.3 Å². The molecule has 7 heteroatoms. The van der Waals surface area contributed by atoms with E-state index < -0.39 is 10.0 Å². The summed E-state index contributed by atoms with van der Waals surface area (Å²) in [5.41, 5.74) is 2.16. The third-order valence-electron chi connectivity index (χ3n) is 5.34. The van der Waals surface area contributed by atoms with Crippen molar-refractivity contribution < 1.29 is 18.3 Å². The number of amides is 1. The lowest BCUT2D eigenvalue weighted by Crippen LogP contribution is -2.38. The Morgan fingerprint density at radius 3 is 2.25 bits per heavy atom. The first-order valence-electron chi connectivity index (χ1n) is 9.48. The second-order valence-corrected chi connectivity index (χ2v) is 8.98. The third kappa shape index (κ3) is 4.91. The van der Waals surface area contributed by atoms with E-state index in [2.05, 4.69) is 4.72 Å². The number of hydrogen-bond acceptors (Lipinski definition) is 4. The van der Waals surface area contributed by atoms with Crippen LogP contribution in [-0.2, 0) is 21.2 Å². The van der Waals surface area contributed by atoms with Crippen molar-refractivity contribution in [3.8, 4) is 5.75 Å². The highest BCUT2D eigenvalue weighted by Crippen LogP contribution is 2.29. The second kappa shape index (κ2) is 8.75. The number of likely N-dealkylation sites (tertiary alicyclic amines) is 1. The fourth-order valence-electron chi connectivity index (χ4n) is 3.57. The van der Waals surface area contributed by atoms with Crippen molar-refractivity contribution in [3.05, 3.63) is 59.7 Å². The maximum absolute atomic E-state index is 12.5. The van der Waals surface area contributed by atoms with Gasteiger partial charge in [0.25, 0.3) is 0 Å². The second-order valence-electron chi connectivity index (χ2n) is 7.10. The smallest absolute Gasteiger partial charge is 0.240 e. The molecule has 1 aliphatic heterocycles. The number of aryl methyl sites for hydroxylation is 1. The highest BCUT2D eigenvalue weighted by Gasteiger charge is 2.23. The average molecular weight is 403 g/mol. The van der Waals surface area contributed by atoms with Crippen LogP contribution in [0, 0.1) is 0 Å². The molecular formula is C21H26N2O4S. The van der Waals surface area contributed by atoms with Gasteiger partial charge in [0.15, 0.2) is 0 Å². The molecule has 1 fully saturated rings. The molecule has 1 aliphatic rings. The zero-order valence-electron chi connectivity index (χ0n) is 16.0. The molecule has 1 saturated heterocycles. The van der Waals surface area contributed by atoms with Gasteiger partial charge in [0.2, 0.25) is 15.9 Å². The largest absolute Gasteiger partial charge is 0.508 e. The van der Waals surface area contributed by atoms with Gasteiger partial charge in [-0.3, -0.25) is 4.79 Å². The Hall–Kier alpha value is -2.38. The summed E-state index contributed by atoms with van der Waals surface area (Å²) in [5, 5.41) is 9.40.